The largest absolute Gasteiger partial charge is 0.465 e. The molecule has 0 fully saturated rings. The van der Waals surface area contributed by atoms with E-state index in [1.54, 1.807) is 31.2 Å². The van der Waals surface area contributed by atoms with Gasteiger partial charge < -0.3 is 9.26 Å². The molecule has 1 atom stereocenters. The van der Waals surface area contributed by atoms with E-state index < -0.39 is 22.6 Å². The van der Waals surface area contributed by atoms with Gasteiger partial charge in [-0.25, -0.2) is 4.39 Å². The lowest BCUT2D eigenvalue weighted by Gasteiger charge is -2.05. The number of hydrogen-bond acceptors (Lipinski definition) is 5. The minimum absolute atomic E-state index is 0.0789. The highest BCUT2D eigenvalue weighted by molar-refractivity contribution is 7.85. The maximum Gasteiger partial charge on any atom is 0.318 e. The van der Waals surface area contributed by atoms with Crippen LogP contribution >= 0.6 is 11.6 Å². The molecule has 0 aliphatic rings. The molecular formula is C17H13ClFNO4S. The second-order valence-corrected chi connectivity index (χ2v) is 6.86. The monoisotopic (exact) mass is 381 g/mol. The van der Waals surface area contributed by atoms with Crippen LogP contribution in [0.1, 0.15) is 6.92 Å². The molecule has 1 unspecified atom stereocenters. The summed E-state index contributed by atoms with van der Waals surface area (Å²) in [5.74, 6) is -1.33. The maximum atomic E-state index is 14.0. The van der Waals surface area contributed by atoms with Crippen molar-refractivity contribution < 1.29 is 22.7 Å². The van der Waals surface area contributed by atoms with E-state index >= 15 is 0 Å². The Hall–Kier alpha value is -2.25. The Labute approximate surface area is 150 Å². The Balaban J connectivity index is 2.01. The summed E-state index contributed by atoms with van der Waals surface area (Å²) in [6, 6.07) is 9.26. The molecule has 0 aliphatic carbocycles. The van der Waals surface area contributed by atoms with Gasteiger partial charge in [-0.15, -0.1) is 0 Å². The first-order chi connectivity index (χ1) is 12.0. The first kappa shape index (κ1) is 17.6. The van der Waals surface area contributed by atoms with Crippen LogP contribution in [0.5, 0.6) is 0 Å². The van der Waals surface area contributed by atoms with Crippen molar-refractivity contribution in [2.45, 2.75) is 11.8 Å². The number of benzene rings is 2. The predicted octanol–water partition coefficient (Wildman–Crippen LogP) is 3.96. The fourth-order valence-corrected chi connectivity index (χ4v) is 3.79. The molecule has 130 valence electrons. The lowest BCUT2D eigenvalue weighted by Crippen LogP contribution is -2.14. The molecule has 0 radical (unpaired) electrons. The normalized spacial score (nSPS) is 12.3. The smallest absolute Gasteiger partial charge is 0.318 e. The van der Waals surface area contributed by atoms with Gasteiger partial charge >= 0.3 is 5.97 Å². The molecule has 1 heterocycles. The Morgan fingerprint density at radius 2 is 2.08 bits per heavy atom. The second-order valence-electron chi connectivity index (χ2n) is 5.06. The van der Waals surface area contributed by atoms with Gasteiger partial charge in [-0.1, -0.05) is 28.9 Å². The van der Waals surface area contributed by atoms with Crippen molar-refractivity contribution in [1.29, 1.82) is 0 Å². The summed E-state index contributed by atoms with van der Waals surface area (Å²) in [5.41, 5.74) is 0.769. The first-order valence-corrected chi connectivity index (χ1v) is 9.09. The number of rotatable bonds is 5. The number of ether oxygens (including phenoxy) is 1. The predicted molar refractivity (Wildman–Crippen MR) is 92.3 cm³/mol. The maximum absolute atomic E-state index is 14.0. The number of nitrogens with zero attached hydrogens (tertiary/aromatic N) is 1. The molecule has 5 nitrogen and oxygen atoms in total. The Bertz CT molecular complexity index is 972. The number of hydrogen-bond donors (Lipinski definition) is 0. The van der Waals surface area contributed by atoms with Crippen LogP contribution in [-0.4, -0.2) is 27.7 Å². The average Bonchev–Trinajstić information content (AvgIpc) is 3.00. The van der Waals surface area contributed by atoms with Crippen molar-refractivity contribution in [3.8, 4) is 11.3 Å². The summed E-state index contributed by atoms with van der Waals surface area (Å²) in [5, 5.41) is 4.46. The third-order valence-corrected chi connectivity index (χ3v) is 5.29. The highest BCUT2D eigenvalue weighted by atomic mass is 35.5. The highest BCUT2D eigenvalue weighted by Crippen LogP contribution is 2.36. The quantitative estimate of drug-likeness (QED) is 0.626. The molecular weight excluding hydrogens is 369 g/mol. The van der Waals surface area contributed by atoms with Crippen LogP contribution in [0.25, 0.3) is 22.2 Å². The molecule has 0 saturated heterocycles. The molecule has 3 aromatic rings. The average molecular weight is 382 g/mol. The van der Waals surface area contributed by atoms with Crippen LogP contribution < -0.4 is 0 Å². The van der Waals surface area contributed by atoms with Crippen molar-refractivity contribution in [1.82, 2.24) is 5.16 Å². The minimum Gasteiger partial charge on any atom is -0.465 e. The zero-order valence-electron chi connectivity index (χ0n) is 13.1. The molecule has 0 saturated carbocycles. The van der Waals surface area contributed by atoms with Crippen LogP contribution in [0.15, 0.2) is 45.8 Å². The van der Waals surface area contributed by atoms with E-state index in [-0.39, 0.29) is 33.4 Å². The zero-order chi connectivity index (χ0) is 18.0. The van der Waals surface area contributed by atoms with E-state index in [0.29, 0.717) is 11.1 Å². The fraction of sp³-hybridized carbons (Fsp3) is 0.176. The van der Waals surface area contributed by atoms with Gasteiger partial charge in [0, 0.05) is 5.56 Å². The van der Waals surface area contributed by atoms with Crippen LogP contribution in [0.3, 0.4) is 0 Å². The third-order valence-electron chi connectivity index (χ3n) is 3.47. The van der Waals surface area contributed by atoms with Gasteiger partial charge in [-0.2, -0.15) is 0 Å². The van der Waals surface area contributed by atoms with Crippen LogP contribution in [0, 0.1) is 5.82 Å². The number of carbonyl (C=O) groups is 1. The summed E-state index contributed by atoms with van der Waals surface area (Å²) in [4.78, 5) is 11.7. The molecule has 3 rings (SSSR count). The topological polar surface area (TPSA) is 69.4 Å². The van der Waals surface area contributed by atoms with Crippen LogP contribution in [0.2, 0.25) is 5.02 Å². The Morgan fingerprint density at radius 1 is 1.32 bits per heavy atom. The number of aromatic nitrogens is 1. The summed E-state index contributed by atoms with van der Waals surface area (Å²) < 4.78 is 36.3. The number of fused-ring (bicyclic) bond motifs is 1. The van der Waals surface area contributed by atoms with Crippen molar-refractivity contribution in [2.24, 2.45) is 0 Å². The van der Waals surface area contributed by atoms with Crippen molar-refractivity contribution in [3.05, 3.63) is 47.2 Å². The molecule has 1 aromatic heterocycles. The molecule has 0 spiro atoms. The summed E-state index contributed by atoms with van der Waals surface area (Å²) in [6.45, 7) is 1.87. The minimum atomic E-state index is -1.69. The molecule has 2 aromatic carbocycles. The van der Waals surface area contributed by atoms with Crippen molar-refractivity contribution in [3.63, 3.8) is 0 Å². The Kier molecular flexibility index (Phi) is 5.15. The number of carbonyl (C=O) groups excluding carboxylic acids is 1. The van der Waals surface area contributed by atoms with Crippen LogP contribution in [-0.2, 0) is 20.3 Å². The van der Waals surface area contributed by atoms with Gasteiger partial charge in [0.25, 0.3) is 0 Å². The second kappa shape index (κ2) is 7.33. The third kappa shape index (κ3) is 3.43. The Morgan fingerprint density at radius 3 is 2.80 bits per heavy atom. The summed E-state index contributed by atoms with van der Waals surface area (Å²) in [7, 11) is -1.69. The molecule has 0 aliphatic heterocycles. The van der Waals surface area contributed by atoms with Crippen molar-refractivity contribution >= 4 is 39.3 Å². The van der Waals surface area contributed by atoms with E-state index in [9.17, 15) is 13.4 Å². The van der Waals surface area contributed by atoms with Gasteiger partial charge in [0.1, 0.15) is 22.3 Å². The van der Waals surface area contributed by atoms with E-state index in [1.807, 2.05) is 0 Å². The highest BCUT2D eigenvalue weighted by Gasteiger charge is 2.21. The first-order valence-electron chi connectivity index (χ1n) is 7.39. The summed E-state index contributed by atoms with van der Waals surface area (Å²) >= 11 is 6.26. The van der Waals surface area contributed by atoms with Gasteiger partial charge in [0.05, 0.1) is 27.7 Å². The lowest BCUT2D eigenvalue weighted by atomic mass is 10.1. The van der Waals surface area contributed by atoms with E-state index in [1.165, 1.54) is 12.1 Å². The van der Waals surface area contributed by atoms with Gasteiger partial charge in [0.2, 0.25) is 0 Å². The van der Waals surface area contributed by atoms with Gasteiger partial charge in [0.15, 0.2) is 5.58 Å². The van der Waals surface area contributed by atoms with Gasteiger partial charge in [-0.3, -0.25) is 9.00 Å². The number of esters is 1. The molecule has 8 heteroatoms. The number of halogens is 2. The van der Waals surface area contributed by atoms with Gasteiger partial charge in [-0.05, 0) is 31.2 Å². The lowest BCUT2D eigenvalue weighted by molar-refractivity contribution is -0.139. The van der Waals surface area contributed by atoms with E-state index in [4.69, 9.17) is 20.9 Å². The van der Waals surface area contributed by atoms with E-state index in [2.05, 4.69) is 5.16 Å². The summed E-state index contributed by atoms with van der Waals surface area (Å²) in [6.07, 6.45) is 0. The molecule has 0 bridgehead atoms. The molecule has 0 amide bonds. The zero-order valence-corrected chi connectivity index (χ0v) is 14.7. The standard InChI is InChI=1S/C17H13ClFNO4S/c1-2-23-14(21)9-25(22)13-8-7-11-16(20-24-17(11)15(13)18)10-5-3-4-6-12(10)19/h3-8H,2,9H2,1H3. The molecule has 25 heavy (non-hydrogen) atoms. The van der Waals surface area contributed by atoms with E-state index in [0.717, 1.165) is 0 Å². The fourth-order valence-electron chi connectivity index (χ4n) is 2.36. The molecule has 0 N–H and O–H groups in total. The SMILES string of the molecule is CCOC(=O)CS(=O)c1ccc2c(-c3ccccc3F)noc2c1Cl. The van der Waals surface area contributed by atoms with Crippen molar-refractivity contribution in [2.75, 3.05) is 12.4 Å². The van der Waals surface area contributed by atoms with Crippen LogP contribution in [0.4, 0.5) is 4.39 Å².